The maximum atomic E-state index is 12.9. The maximum Gasteiger partial charge on any atom is 0.262 e. The summed E-state index contributed by atoms with van der Waals surface area (Å²) < 4.78 is 47.1. The van der Waals surface area contributed by atoms with Crippen molar-refractivity contribution in [1.29, 1.82) is 0 Å². The summed E-state index contributed by atoms with van der Waals surface area (Å²) in [7, 11) is -0.428. The van der Waals surface area contributed by atoms with Crippen LogP contribution in [0.1, 0.15) is 27.9 Å². The quantitative estimate of drug-likeness (QED) is 0.189. The number of hydrogen-bond acceptors (Lipinski definition) is 8. The normalized spacial score (nSPS) is 13.2. The van der Waals surface area contributed by atoms with Crippen molar-refractivity contribution in [2.24, 2.45) is 0 Å². The Hall–Kier alpha value is -4.87. The SMILES string of the molecule is COc1cc2c(cc1OC)CN(CCc1ccc(-n3cc(COc4ccccc4NS(=O)(=O)c4ccc(C)cc4)nn3)cc1)CC2. The molecule has 0 fully saturated rings. The van der Waals surface area contributed by atoms with Crippen molar-refractivity contribution in [3.8, 4) is 22.9 Å². The first-order chi connectivity index (χ1) is 22.3. The van der Waals surface area contributed by atoms with Gasteiger partial charge in [0.2, 0.25) is 0 Å². The van der Waals surface area contributed by atoms with Crippen molar-refractivity contribution >= 4 is 15.7 Å². The van der Waals surface area contributed by atoms with E-state index in [0.717, 1.165) is 55.2 Å². The Morgan fingerprint density at radius 3 is 2.33 bits per heavy atom. The predicted molar refractivity (Wildman–Crippen MR) is 176 cm³/mol. The molecule has 1 N–H and O–H groups in total. The van der Waals surface area contributed by atoms with Gasteiger partial charge in [0.1, 0.15) is 18.1 Å². The van der Waals surface area contributed by atoms with Crippen LogP contribution in [-0.2, 0) is 36.0 Å². The number of para-hydroxylation sites is 2. The highest BCUT2D eigenvalue weighted by Gasteiger charge is 2.20. The first-order valence-corrected chi connectivity index (χ1v) is 16.6. The number of fused-ring (bicyclic) bond motifs is 1. The first-order valence-electron chi connectivity index (χ1n) is 15.1. The fourth-order valence-corrected chi connectivity index (χ4v) is 6.55. The molecule has 0 bridgehead atoms. The Labute approximate surface area is 269 Å². The molecule has 1 aromatic heterocycles. The molecule has 0 aliphatic carbocycles. The molecule has 10 nitrogen and oxygen atoms in total. The number of rotatable bonds is 12. The van der Waals surface area contributed by atoms with Gasteiger partial charge in [-0.1, -0.05) is 47.2 Å². The molecule has 6 rings (SSSR count). The molecular formula is C35H37N5O5S. The van der Waals surface area contributed by atoms with E-state index in [-0.39, 0.29) is 11.5 Å². The Morgan fingerprint density at radius 1 is 0.870 bits per heavy atom. The van der Waals surface area contributed by atoms with Crippen molar-refractivity contribution in [2.45, 2.75) is 37.8 Å². The number of nitrogens with zero attached hydrogens (tertiary/aromatic N) is 4. The Kier molecular flexibility index (Phi) is 9.23. The van der Waals surface area contributed by atoms with Crippen LogP contribution in [-0.4, -0.2) is 55.6 Å². The van der Waals surface area contributed by atoms with Crippen LogP contribution in [0.5, 0.6) is 17.2 Å². The minimum Gasteiger partial charge on any atom is -0.493 e. The van der Waals surface area contributed by atoms with E-state index in [0.29, 0.717) is 17.1 Å². The van der Waals surface area contributed by atoms with Gasteiger partial charge in [-0.2, -0.15) is 0 Å². The van der Waals surface area contributed by atoms with Crippen LogP contribution in [0.25, 0.3) is 5.69 Å². The fourth-order valence-electron chi connectivity index (χ4n) is 5.48. The largest absolute Gasteiger partial charge is 0.493 e. The highest BCUT2D eigenvalue weighted by Crippen LogP contribution is 2.33. The average Bonchev–Trinajstić information content (AvgIpc) is 3.55. The van der Waals surface area contributed by atoms with Gasteiger partial charge in [-0.15, -0.1) is 5.10 Å². The summed E-state index contributed by atoms with van der Waals surface area (Å²) in [4.78, 5) is 2.65. The Morgan fingerprint density at radius 2 is 1.59 bits per heavy atom. The van der Waals surface area contributed by atoms with E-state index in [1.165, 1.54) is 16.7 Å². The summed E-state index contributed by atoms with van der Waals surface area (Å²) >= 11 is 0. The third-order valence-corrected chi connectivity index (χ3v) is 9.48. The molecular weight excluding hydrogens is 602 g/mol. The van der Waals surface area contributed by atoms with E-state index in [9.17, 15) is 8.42 Å². The van der Waals surface area contributed by atoms with E-state index in [2.05, 4.69) is 44.2 Å². The molecule has 0 atom stereocenters. The molecule has 1 aliphatic heterocycles. The zero-order valence-corrected chi connectivity index (χ0v) is 27.0. The number of methoxy groups -OCH3 is 2. The standard InChI is InChI=1S/C35H37N5O5S/c1-25-8-14-31(15-9-25)46(41,42)37-32-6-4-5-7-33(32)45-24-29-23-40(38-36-29)30-12-10-26(11-13-30)16-18-39-19-17-27-20-34(43-2)35(44-3)21-28(27)22-39/h4-15,20-21,23,37H,16-19,22,24H2,1-3H3. The fraction of sp³-hybridized carbons (Fsp3) is 0.257. The lowest BCUT2D eigenvalue weighted by Gasteiger charge is -2.29. The predicted octanol–water partition coefficient (Wildman–Crippen LogP) is 5.57. The van der Waals surface area contributed by atoms with Crippen LogP contribution >= 0.6 is 0 Å². The van der Waals surface area contributed by atoms with E-state index < -0.39 is 10.0 Å². The zero-order valence-electron chi connectivity index (χ0n) is 26.1. The number of sulfonamides is 1. The van der Waals surface area contributed by atoms with Gasteiger partial charge < -0.3 is 14.2 Å². The minimum absolute atomic E-state index is 0.124. The maximum absolute atomic E-state index is 12.9. The molecule has 0 saturated carbocycles. The molecule has 0 radical (unpaired) electrons. The van der Waals surface area contributed by atoms with Crippen LogP contribution in [0.2, 0.25) is 0 Å². The second kappa shape index (κ2) is 13.6. The van der Waals surface area contributed by atoms with Crippen LogP contribution in [0, 0.1) is 6.92 Å². The van der Waals surface area contributed by atoms with Crippen LogP contribution in [0.15, 0.2) is 96.0 Å². The van der Waals surface area contributed by atoms with Gasteiger partial charge >= 0.3 is 0 Å². The number of aryl methyl sites for hydroxylation is 1. The minimum atomic E-state index is -3.77. The lowest BCUT2D eigenvalue weighted by Crippen LogP contribution is -2.32. The van der Waals surface area contributed by atoms with E-state index in [1.807, 2.05) is 25.3 Å². The van der Waals surface area contributed by atoms with E-state index in [4.69, 9.17) is 14.2 Å². The third kappa shape index (κ3) is 7.16. The topological polar surface area (TPSA) is 108 Å². The smallest absolute Gasteiger partial charge is 0.262 e. The van der Waals surface area contributed by atoms with Crippen molar-refractivity contribution < 1.29 is 22.6 Å². The molecule has 2 heterocycles. The second-order valence-corrected chi connectivity index (χ2v) is 13.0. The number of hydrogen-bond donors (Lipinski definition) is 1. The third-order valence-electron chi connectivity index (χ3n) is 8.09. The highest BCUT2D eigenvalue weighted by molar-refractivity contribution is 7.92. The van der Waals surface area contributed by atoms with Gasteiger partial charge in [-0.05, 0) is 85.0 Å². The first kappa shape index (κ1) is 31.1. The number of nitrogens with one attached hydrogen (secondary N) is 1. The second-order valence-electron chi connectivity index (χ2n) is 11.3. The van der Waals surface area contributed by atoms with Gasteiger partial charge in [-0.25, -0.2) is 13.1 Å². The Bertz CT molecular complexity index is 1910. The monoisotopic (exact) mass is 639 g/mol. The molecule has 11 heteroatoms. The number of ether oxygens (including phenoxy) is 3. The van der Waals surface area contributed by atoms with Gasteiger partial charge in [-0.3, -0.25) is 9.62 Å². The molecule has 238 valence electrons. The molecule has 5 aromatic rings. The number of aromatic nitrogens is 3. The van der Waals surface area contributed by atoms with Crippen LogP contribution in [0.4, 0.5) is 5.69 Å². The summed E-state index contributed by atoms with van der Waals surface area (Å²) in [5, 5.41) is 8.53. The molecule has 0 saturated heterocycles. The molecule has 0 amide bonds. The summed E-state index contributed by atoms with van der Waals surface area (Å²) in [5.41, 5.74) is 6.69. The van der Waals surface area contributed by atoms with E-state index in [1.54, 1.807) is 67.4 Å². The van der Waals surface area contributed by atoms with Gasteiger partial charge in [0.25, 0.3) is 10.0 Å². The lowest BCUT2D eigenvalue weighted by molar-refractivity contribution is 0.255. The molecule has 4 aromatic carbocycles. The van der Waals surface area contributed by atoms with Gasteiger partial charge in [0, 0.05) is 19.6 Å². The Balaban J connectivity index is 1.03. The lowest BCUT2D eigenvalue weighted by atomic mass is 9.98. The van der Waals surface area contributed by atoms with E-state index >= 15 is 0 Å². The molecule has 0 spiro atoms. The van der Waals surface area contributed by atoms with Crippen LogP contribution < -0.4 is 18.9 Å². The van der Waals surface area contributed by atoms with Crippen molar-refractivity contribution in [2.75, 3.05) is 32.0 Å². The van der Waals surface area contributed by atoms with Crippen molar-refractivity contribution in [3.63, 3.8) is 0 Å². The molecule has 1 aliphatic rings. The zero-order chi connectivity index (χ0) is 32.1. The number of anilines is 1. The molecule has 0 unspecified atom stereocenters. The number of benzene rings is 4. The van der Waals surface area contributed by atoms with Gasteiger partial charge in [0.05, 0.1) is 36.7 Å². The van der Waals surface area contributed by atoms with Crippen LogP contribution in [0.3, 0.4) is 0 Å². The summed E-state index contributed by atoms with van der Waals surface area (Å²) in [6, 6.07) is 26.1. The summed E-state index contributed by atoms with van der Waals surface area (Å²) in [6.45, 7) is 4.89. The van der Waals surface area contributed by atoms with Crippen molar-refractivity contribution in [1.82, 2.24) is 19.9 Å². The van der Waals surface area contributed by atoms with Gasteiger partial charge in [0.15, 0.2) is 11.5 Å². The highest BCUT2D eigenvalue weighted by atomic mass is 32.2. The summed E-state index contributed by atoms with van der Waals surface area (Å²) in [6.07, 6.45) is 3.73. The summed E-state index contributed by atoms with van der Waals surface area (Å²) in [5.74, 6) is 1.95. The van der Waals surface area contributed by atoms with Crippen molar-refractivity contribution in [3.05, 3.63) is 119 Å². The average molecular weight is 640 g/mol. The molecule has 46 heavy (non-hydrogen) atoms.